The number of piperazine rings is 1. The van der Waals surface area contributed by atoms with Crippen LogP contribution in [0.4, 0.5) is 10.2 Å². The van der Waals surface area contributed by atoms with Crippen LogP contribution in [0.3, 0.4) is 0 Å². The largest absolute Gasteiger partial charge is 0.354 e. The maximum absolute atomic E-state index is 13.3. The molecule has 0 unspecified atom stereocenters. The van der Waals surface area contributed by atoms with Gasteiger partial charge in [0.15, 0.2) is 5.82 Å². The van der Waals surface area contributed by atoms with E-state index in [1.54, 1.807) is 12.3 Å². The fourth-order valence-electron chi connectivity index (χ4n) is 3.54. The molecule has 150 valence electrons. The van der Waals surface area contributed by atoms with Crippen molar-refractivity contribution in [1.29, 1.82) is 0 Å². The standard InChI is InChI=1S/C22H23ClFN5/c1-15-16(2)26-21(20-5-3-4-8-25-20)27-22(15)29-11-9-28(10-12-29)14-17-6-7-18(24)13-19(17)23/h3-8,13H,9-12,14H2,1-2H3. The van der Waals surface area contributed by atoms with E-state index < -0.39 is 0 Å². The van der Waals surface area contributed by atoms with E-state index >= 15 is 0 Å². The van der Waals surface area contributed by atoms with Crippen molar-refractivity contribution in [3.8, 4) is 11.5 Å². The lowest BCUT2D eigenvalue weighted by molar-refractivity contribution is 0.249. The second kappa shape index (κ2) is 8.43. The molecule has 0 N–H and O–H groups in total. The van der Waals surface area contributed by atoms with E-state index in [0.717, 1.165) is 54.5 Å². The minimum atomic E-state index is -0.304. The quantitative estimate of drug-likeness (QED) is 0.641. The molecular formula is C22H23ClFN5. The highest BCUT2D eigenvalue weighted by molar-refractivity contribution is 6.31. The molecule has 0 radical (unpaired) electrons. The molecule has 1 aliphatic heterocycles. The van der Waals surface area contributed by atoms with E-state index in [2.05, 4.69) is 26.7 Å². The Morgan fingerprint density at radius 2 is 1.83 bits per heavy atom. The first-order valence-electron chi connectivity index (χ1n) is 9.69. The number of rotatable bonds is 4. The van der Waals surface area contributed by atoms with Crippen LogP contribution >= 0.6 is 11.6 Å². The molecule has 29 heavy (non-hydrogen) atoms. The molecule has 3 heterocycles. The topological polar surface area (TPSA) is 45.2 Å². The van der Waals surface area contributed by atoms with Gasteiger partial charge in [0, 0.05) is 55.2 Å². The lowest BCUT2D eigenvalue weighted by Gasteiger charge is -2.36. The number of nitrogens with zero attached hydrogens (tertiary/aromatic N) is 5. The Kier molecular flexibility index (Phi) is 5.74. The van der Waals surface area contributed by atoms with Gasteiger partial charge in [0.25, 0.3) is 0 Å². The van der Waals surface area contributed by atoms with Crippen LogP contribution < -0.4 is 4.90 Å². The lowest BCUT2D eigenvalue weighted by Crippen LogP contribution is -2.46. The Bertz CT molecular complexity index is 1000. The van der Waals surface area contributed by atoms with Crippen LogP contribution in [0.25, 0.3) is 11.5 Å². The van der Waals surface area contributed by atoms with Gasteiger partial charge < -0.3 is 4.90 Å². The van der Waals surface area contributed by atoms with E-state index in [9.17, 15) is 4.39 Å². The van der Waals surface area contributed by atoms with Crippen molar-refractivity contribution in [1.82, 2.24) is 19.9 Å². The SMILES string of the molecule is Cc1nc(-c2ccccn2)nc(N2CCN(Cc3ccc(F)cc3Cl)CC2)c1C. The zero-order valence-corrected chi connectivity index (χ0v) is 17.3. The molecule has 4 rings (SSSR count). The highest BCUT2D eigenvalue weighted by Gasteiger charge is 2.22. The minimum Gasteiger partial charge on any atom is -0.354 e. The molecule has 2 aromatic heterocycles. The molecule has 1 fully saturated rings. The second-order valence-corrected chi connectivity index (χ2v) is 7.70. The van der Waals surface area contributed by atoms with Crippen LogP contribution in [0.15, 0.2) is 42.6 Å². The molecule has 1 saturated heterocycles. The molecule has 0 atom stereocenters. The maximum Gasteiger partial charge on any atom is 0.180 e. The highest BCUT2D eigenvalue weighted by atomic mass is 35.5. The van der Waals surface area contributed by atoms with Crippen molar-refractivity contribution >= 4 is 17.4 Å². The van der Waals surface area contributed by atoms with Crippen molar-refractivity contribution in [2.75, 3.05) is 31.1 Å². The van der Waals surface area contributed by atoms with E-state index in [0.29, 0.717) is 17.4 Å². The van der Waals surface area contributed by atoms with E-state index in [1.165, 1.54) is 12.1 Å². The lowest BCUT2D eigenvalue weighted by atomic mass is 10.1. The summed E-state index contributed by atoms with van der Waals surface area (Å²) in [6.45, 7) is 8.28. The minimum absolute atomic E-state index is 0.304. The Hall–Kier alpha value is -2.57. The molecule has 3 aromatic rings. The average Bonchev–Trinajstić information content (AvgIpc) is 2.73. The number of pyridine rings is 1. The number of anilines is 1. The maximum atomic E-state index is 13.3. The predicted octanol–water partition coefficient (Wildman–Crippen LogP) is 4.27. The summed E-state index contributed by atoms with van der Waals surface area (Å²) in [6, 6.07) is 10.4. The van der Waals surface area contributed by atoms with Gasteiger partial charge >= 0.3 is 0 Å². The van der Waals surface area contributed by atoms with E-state index in [1.807, 2.05) is 25.1 Å². The van der Waals surface area contributed by atoms with Crippen molar-refractivity contribution in [2.45, 2.75) is 20.4 Å². The first-order valence-corrected chi connectivity index (χ1v) is 10.1. The Balaban J connectivity index is 1.49. The van der Waals surface area contributed by atoms with E-state index in [-0.39, 0.29) is 5.82 Å². The molecule has 1 aliphatic rings. The van der Waals surface area contributed by atoms with E-state index in [4.69, 9.17) is 16.6 Å². The van der Waals surface area contributed by atoms with Crippen molar-refractivity contribution in [3.05, 3.63) is 70.3 Å². The molecule has 0 aliphatic carbocycles. The summed E-state index contributed by atoms with van der Waals surface area (Å²) in [5.41, 5.74) is 3.80. The second-order valence-electron chi connectivity index (χ2n) is 7.30. The summed E-state index contributed by atoms with van der Waals surface area (Å²) >= 11 is 6.19. The van der Waals surface area contributed by atoms with Gasteiger partial charge in [-0.3, -0.25) is 9.88 Å². The van der Waals surface area contributed by atoms with Crippen LogP contribution in [0, 0.1) is 19.7 Å². The van der Waals surface area contributed by atoms with Crippen LogP contribution in [0.5, 0.6) is 0 Å². The van der Waals surface area contributed by atoms with Gasteiger partial charge in [-0.1, -0.05) is 23.7 Å². The summed E-state index contributed by atoms with van der Waals surface area (Å²) in [5.74, 6) is 1.32. The number of hydrogen-bond donors (Lipinski definition) is 0. The van der Waals surface area contributed by atoms with Gasteiger partial charge in [0.1, 0.15) is 17.3 Å². The molecule has 0 saturated carbocycles. The zero-order chi connectivity index (χ0) is 20.4. The number of benzene rings is 1. The van der Waals surface area contributed by atoms with Gasteiger partial charge in [-0.2, -0.15) is 0 Å². The van der Waals surface area contributed by atoms with Gasteiger partial charge in [0.2, 0.25) is 0 Å². The van der Waals surface area contributed by atoms with Crippen molar-refractivity contribution < 1.29 is 4.39 Å². The smallest absolute Gasteiger partial charge is 0.180 e. The molecule has 5 nitrogen and oxygen atoms in total. The summed E-state index contributed by atoms with van der Waals surface area (Å²) in [5, 5.41) is 0.481. The Morgan fingerprint density at radius 1 is 1.03 bits per heavy atom. The van der Waals surface area contributed by atoms with Gasteiger partial charge in [-0.15, -0.1) is 0 Å². The Labute approximate surface area is 175 Å². The van der Waals surface area contributed by atoms with Crippen molar-refractivity contribution in [2.24, 2.45) is 0 Å². The first kappa shape index (κ1) is 19.7. The predicted molar refractivity (Wildman–Crippen MR) is 114 cm³/mol. The summed E-state index contributed by atoms with van der Waals surface area (Å²) in [6.07, 6.45) is 1.76. The summed E-state index contributed by atoms with van der Waals surface area (Å²) < 4.78 is 13.3. The monoisotopic (exact) mass is 411 g/mol. The molecule has 0 spiro atoms. The number of aryl methyl sites for hydroxylation is 1. The van der Waals surface area contributed by atoms with Crippen molar-refractivity contribution in [3.63, 3.8) is 0 Å². The zero-order valence-electron chi connectivity index (χ0n) is 16.6. The third-order valence-electron chi connectivity index (χ3n) is 5.34. The molecular weight excluding hydrogens is 389 g/mol. The fraction of sp³-hybridized carbons (Fsp3) is 0.318. The molecule has 0 amide bonds. The van der Waals surface area contributed by atoms with Gasteiger partial charge in [0.05, 0.1) is 0 Å². The summed E-state index contributed by atoms with van der Waals surface area (Å²) in [7, 11) is 0. The average molecular weight is 412 g/mol. The third-order valence-corrected chi connectivity index (χ3v) is 5.69. The fourth-order valence-corrected chi connectivity index (χ4v) is 3.77. The number of aromatic nitrogens is 3. The molecule has 7 heteroatoms. The van der Waals surface area contributed by atoms with Crippen LogP contribution in [0.1, 0.15) is 16.8 Å². The summed E-state index contributed by atoms with van der Waals surface area (Å²) in [4.78, 5) is 18.5. The number of hydrogen-bond acceptors (Lipinski definition) is 5. The normalized spacial score (nSPS) is 15.0. The van der Waals surface area contributed by atoms with Gasteiger partial charge in [-0.25, -0.2) is 14.4 Å². The molecule has 0 bridgehead atoms. The first-order chi connectivity index (χ1) is 14.0. The van der Waals surface area contributed by atoms with Crippen LogP contribution in [-0.2, 0) is 6.54 Å². The van der Waals surface area contributed by atoms with Crippen LogP contribution in [-0.4, -0.2) is 46.0 Å². The highest BCUT2D eigenvalue weighted by Crippen LogP contribution is 2.25. The molecule has 1 aromatic carbocycles. The Morgan fingerprint density at radius 3 is 2.52 bits per heavy atom. The van der Waals surface area contributed by atoms with Crippen LogP contribution in [0.2, 0.25) is 5.02 Å². The number of halogens is 2. The third kappa shape index (κ3) is 4.38. The van der Waals surface area contributed by atoms with Gasteiger partial charge in [-0.05, 0) is 43.7 Å².